The number of urea groups is 1. The Bertz CT molecular complexity index is 594. The Morgan fingerprint density at radius 1 is 1.48 bits per heavy atom. The van der Waals surface area contributed by atoms with E-state index < -0.39 is 0 Å². The van der Waals surface area contributed by atoms with Gasteiger partial charge < -0.3 is 10.6 Å². The monoisotopic (exact) mass is 305 g/mol. The molecule has 3 N–H and O–H groups in total. The van der Waals surface area contributed by atoms with Crippen LogP contribution in [0.3, 0.4) is 0 Å². The van der Waals surface area contributed by atoms with E-state index in [1.165, 1.54) is 24.2 Å². The molecule has 2 amide bonds. The van der Waals surface area contributed by atoms with Crippen molar-refractivity contribution in [3.05, 3.63) is 17.8 Å². The van der Waals surface area contributed by atoms with Crippen LogP contribution in [-0.4, -0.2) is 27.3 Å². The van der Waals surface area contributed by atoms with Gasteiger partial charge in [0.1, 0.15) is 10.7 Å². The number of carbonyl (C=O) groups is 1. The van der Waals surface area contributed by atoms with Crippen molar-refractivity contribution in [1.29, 1.82) is 0 Å². The molecule has 112 valence electrons. The second kappa shape index (κ2) is 6.26. The molecule has 2 unspecified atom stereocenters. The zero-order valence-corrected chi connectivity index (χ0v) is 12.7. The third-order valence-electron chi connectivity index (χ3n) is 3.81. The molecular formula is C14H19N5OS. The number of hydrogen-bond acceptors (Lipinski definition) is 4. The van der Waals surface area contributed by atoms with Crippen LogP contribution in [0.1, 0.15) is 32.6 Å². The molecule has 0 aliphatic heterocycles. The Labute approximate surface area is 127 Å². The van der Waals surface area contributed by atoms with Crippen LogP contribution in [-0.2, 0) is 0 Å². The van der Waals surface area contributed by atoms with Crippen molar-refractivity contribution in [2.45, 2.75) is 38.6 Å². The van der Waals surface area contributed by atoms with Crippen molar-refractivity contribution < 1.29 is 4.79 Å². The minimum Gasteiger partial charge on any atom is -0.335 e. The highest BCUT2D eigenvalue weighted by atomic mass is 32.1. The van der Waals surface area contributed by atoms with Crippen LogP contribution in [0.2, 0.25) is 0 Å². The lowest BCUT2D eigenvalue weighted by molar-refractivity contribution is 0.238. The number of aromatic amines is 1. The summed E-state index contributed by atoms with van der Waals surface area (Å²) >= 11 is 1.50. The van der Waals surface area contributed by atoms with Gasteiger partial charge in [0, 0.05) is 17.6 Å². The highest BCUT2D eigenvalue weighted by Crippen LogP contribution is 2.27. The number of hydrogen-bond donors (Lipinski definition) is 3. The number of anilines is 1. The van der Waals surface area contributed by atoms with Gasteiger partial charge in [0.2, 0.25) is 0 Å². The van der Waals surface area contributed by atoms with E-state index in [2.05, 4.69) is 32.7 Å². The molecule has 21 heavy (non-hydrogen) atoms. The van der Waals surface area contributed by atoms with Gasteiger partial charge >= 0.3 is 6.03 Å². The maximum atomic E-state index is 12.1. The molecule has 0 spiro atoms. The fraction of sp³-hybridized carbons (Fsp3) is 0.500. The molecule has 1 saturated carbocycles. The molecule has 0 saturated heterocycles. The second-order valence-electron chi connectivity index (χ2n) is 5.56. The average Bonchev–Trinajstić information content (AvgIpc) is 3.08. The summed E-state index contributed by atoms with van der Waals surface area (Å²) in [7, 11) is 0. The van der Waals surface area contributed by atoms with Gasteiger partial charge in [-0.2, -0.15) is 5.10 Å². The van der Waals surface area contributed by atoms with E-state index in [1.54, 1.807) is 12.4 Å². The molecule has 1 fully saturated rings. The molecule has 7 heteroatoms. The van der Waals surface area contributed by atoms with Gasteiger partial charge in [0.05, 0.1) is 11.9 Å². The molecule has 0 bridgehead atoms. The van der Waals surface area contributed by atoms with Crippen molar-refractivity contribution in [2.24, 2.45) is 5.92 Å². The molecule has 1 aliphatic rings. The third-order valence-corrected chi connectivity index (χ3v) is 4.60. The van der Waals surface area contributed by atoms with E-state index in [0.29, 0.717) is 11.6 Å². The first-order valence-electron chi connectivity index (χ1n) is 7.23. The first kappa shape index (κ1) is 14.1. The lowest BCUT2D eigenvalue weighted by Crippen LogP contribution is -2.40. The van der Waals surface area contributed by atoms with Crippen molar-refractivity contribution in [1.82, 2.24) is 20.5 Å². The number of H-pyrrole nitrogens is 1. The quantitative estimate of drug-likeness (QED) is 0.814. The molecule has 3 rings (SSSR count). The second-order valence-corrected chi connectivity index (χ2v) is 6.46. The van der Waals surface area contributed by atoms with Gasteiger partial charge in [-0.1, -0.05) is 19.8 Å². The average molecular weight is 305 g/mol. The zero-order valence-electron chi connectivity index (χ0n) is 11.9. The molecular weight excluding hydrogens is 286 g/mol. The van der Waals surface area contributed by atoms with Crippen LogP contribution in [0.25, 0.3) is 10.7 Å². The summed E-state index contributed by atoms with van der Waals surface area (Å²) in [5, 5.41) is 15.5. The summed E-state index contributed by atoms with van der Waals surface area (Å²) in [5.74, 6) is 0.684. The lowest BCUT2D eigenvalue weighted by Gasteiger charge is -2.27. The van der Waals surface area contributed by atoms with E-state index in [-0.39, 0.29) is 12.1 Å². The Morgan fingerprint density at radius 3 is 3.14 bits per heavy atom. The van der Waals surface area contributed by atoms with Crippen LogP contribution >= 0.6 is 11.3 Å². The summed E-state index contributed by atoms with van der Waals surface area (Å²) < 4.78 is 0. The predicted molar refractivity (Wildman–Crippen MR) is 83.3 cm³/mol. The van der Waals surface area contributed by atoms with Gasteiger partial charge in [-0.15, -0.1) is 11.3 Å². The highest BCUT2D eigenvalue weighted by molar-refractivity contribution is 7.13. The summed E-state index contributed by atoms with van der Waals surface area (Å²) in [6, 6.07) is 0.0947. The normalized spacial score (nSPS) is 22.0. The van der Waals surface area contributed by atoms with Crippen molar-refractivity contribution >= 4 is 23.1 Å². The summed E-state index contributed by atoms with van der Waals surface area (Å²) in [6.07, 6.45) is 7.90. The van der Waals surface area contributed by atoms with Crippen LogP contribution < -0.4 is 10.6 Å². The molecule has 6 nitrogen and oxygen atoms in total. The maximum Gasteiger partial charge on any atom is 0.319 e. The minimum atomic E-state index is -0.173. The molecule has 2 atom stereocenters. The first-order chi connectivity index (χ1) is 10.2. The summed E-state index contributed by atoms with van der Waals surface area (Å²) in [6.45, 7) is 2.24. The SMILES string of the molecule is CC1CCCC(NC(=O)Nc2cn[nH]c2-c2nccs2)C1. The van der Waals surface area contributed by atoms with Gasteiger partial charge in [0.15, 0.2) is 0 Å². The maximum absolute atomic E-state index is 12.1. The minimum absolute atomic E-state index is 0.173. The van der Waals surface area contributed by atoms with Gasteiger partial charge in [-0.25, -0.2) is 9.78 Å². The Hall–Kier alpha value is -1.89. The predicted octanol–water partition coefficient (Wildman–Crippen LogP) is 3.23. The fourth-order valence-corrected chi connectivity index (χ4v) is 3.45. The molecule has 1 aliphatic carbocycles. The molecule has 2 aromatic rings. The highest BCUT2D eigenvalue weighted by Gasteiger charge is 2.21. The van der Waals surface area contributed by atoms with E-state index in [9.17, 15) is 4.79 Å². The summed E-state index contributed by atoms with van der Waals surface area (Å²) in [4.78, 5) is 16.4. The van der Waals surface area contributed by atoms with Crippen LogP contribution in [0, 0.1) is 5.92 Å². The number of thiazole rings is 1. The van der Waals surface area contributed by atoms with Crippen LogP contribution in [0.4, 0.5) is 10.5 Å². The standard InChI is InChI=1S/C14H19N5OS/c1-9-3-2-4-10(7-9)17-14(20)18-11-8-16-19-12(11)13-15-5-6-21-13/h5-6,8-10H,2-4,7H2,1H3,(H,16,19)(H2,17,18,20). The molecule has 0 radical (unpaired) electrons. The van der Waals surface area contributed by atoms with Crippen LogP contribution in [0.5, 0.6) is 0 Å². The van der Waals surface area contributed by atoms with Gasteiger partial charge in [0.25, 0.3) is 0 Å². The Balaban J connectivity index is 1.62. The molecule has 2 heterocycles. The Morgan fingerprint density at radius 2 is 2.38 bits per heavy atom. The van der Waals surface area contributed by atoms with Gasteiger partial charge in [-0.3, -0.25) is 5.10 Å². The summed E-state index contributed by atoms with van der Waals surface area (Å²) in [5.41, 5.74) is 1.41. The van der Waals surface area contributed by atoms with Crippen molar-refractivity contribution in [2.75, 3.05) is 5.32 Å². The van der Waals surface area contributed by atoms with E-state index in [1.807, 2.05) is 5.38 Å². The number of carbonyl (C=O) groups excluding carboxylic acids is 1. The fourth-order valence-electron chi connectivity index (χ4n) is 2.80. The smallest absolute Gasteiger partial charge is 0.319 e. The Kier molecular flexibility index (Phi) is 4.19. The third kappa shape index (κ3) is 3.41. The number of rotatable bonds is 3. The number of amides is 2. The zero-order chi connectivity index (χ0) is 14.7. The van der Waals surface area contributed by atoms with Crippen LogP contribution in [0.15, 0.2) is 17.8 Å². The lowest BCUT2D eigenvalue weighted by atomic mass is 9.87. The topological polar surface area (TPSA) is 82.7 Å². The number of nitrogens with zero attached hydrogens (tertiary/aromatic N) is 2. The van der Waals surface area contributed by atoms with E-state index in [4.69, 9.17) is 0 Å². The first-order valence-corrected chi connectivity index (χ1v) is 8.11. The largest absolute Gasteiger partial charge is 0.335 e. The van der Waals surface area contributed by atoms with E-state index in [0.717, 1.165) is 23.5 Å². The van der Waals surface area contributed by atoms with Gasteiger partial charge in [-0.05, 0) is 18.8 Å². The molecule has 0 aromatic carbocycles. The van der Waals surface area contributed by atoms with E-state index >= 15 is 0 Å². The molecule has 2 aromatic heterocycles. The van der Waals surface area contributed by atoms with Crippen molar-refractivity contribution in [3.8, 4) is 10.7 Å². The van der Waals surface area contributed by atoms with Crippen molar-refractivity contribution in [3.63, 3.8) is 0 Å². The number of nitrogens with one attached hydrogen (secondary N) is 3. The number of aromatic nitrogens is 3.